The van der Waals surface area contributed by atoms with Gasteiger partial charge in [0.25, 0.3) is 0 Å². The SMILES string of the molecule is CCN(C1CCCC1CN)S(=O)(=O)c1cnn(C)c1. The van der Waals surface area contributed by atoms with Crippen LogP contribution in [-0.2, 0) is 17.1 Å². The predicted octanol–water partition coefficient (Wildman–Crippen LogP) is 0.558. The number of sulfonamides is 1. The molecule has 0 bridgehead atoms. The lowest BCUT2D eigenvalue weighted by atomic mass is 10.0. The number of aromatic nitrogens is 2. The summed E-state index contributed by atoms with van der Waals surface area (Å²) >= 11 is 0. The van der Waals surface area contributed by atoms with Crippen molar-refractivity contribution in [3.05, 3.63) is 12.4 Å². The first kappa shape index (κ1) is 14.5. The molecule has 0 aromatic carbocycles. The highest BCUT2D eigenvalue weighted by Crippen LogP contribution is 2.32. The first-order valence-electron chi connectivity index (χ1n) is 6.71. The molecule has 6 nitrogen and oxygen atoms in total. The topological polar surface area (TPSA) is 81.2 Å². The van der Waals surface area contributed by atoms with Gasteiger partial charge < -0.3 is 5.73 Å². The van der Waals surface area contributed by atoms with Gasteiger partial charge in [-0.1, -0.05) is 13.3 Å². The van der Waals surface area contributed by atoms with Crippen LogP contribution in [0, 0.1) is 5.92 Å². The molecule has 0 radical (unpaired) electrons. The molecule has 1 fully saturated rings. The number of nitrogens with zero attached hydrogens (tertiary/aromatic N) is 3. The van der Waals surface area contributed by atoms with Gasteiger partial charge in [-0.05, 0) is 25.3 Å². The summed E-state index contributed by atoms with van der Waals surface area (Å²) < 4.78 is 28.4. The summed E-state index contributed by atoms with van der Waals surface area (Å²) in [5.41, 5.74) is 5.76. The average molecular weight is 286 g/mol. The van der Waals surface area contributed by atoms with E-state index in [-0.39, 0.29) is 16.9 Å². The van der Waals surface area contributed by atoms with Crippen LogP contribution >= 0.6 is 0 Å². The summed E-state index contributed by atoms with van der Waals surface area (Å²) in [6.07, 6.45) is 5.91. The van der Waals surface area contributed by atoms with Crippen LogP contribution in [-0.4, -0.2) is 41.6 Å². The molecule has 1 saturated carbocycles. The number of hydrogen-bond acceptors (Lipinski definition) is 4. The molecule has 2 rings (SSSR count). The molecular formula is C12H22N4O2S. The molecule has 19 heavy (non-hydrogen) atoms. The second-order valence-corrected chi connectivity index (χ2v) is 6.94. The molecule has 1 aromatic rings. The molecule has 1 aliphatic carbocycles. The Morgan fingerprint density at radius 3 is 2.79 bits per heavy atom. The van der Waals surface area contributed by atoms with Crippen molar-refractivity contribution in [3.63, 3.8) is 0 Å². The third-order valence-corrected chi connectivity index (χ3v) is 5.84. The smallest absolute Gasteiger partial charge is 0.246 e. The number of hydrogen-bond donors (Lipinski definition) is 1. The van der Waals surface area contributed by atoms with Crippen LogP contribution in [0.1, 0.15) is 26.2 Å². The van der Waals surface area contributed by atoms with Crippen LogP contribution in [0.15, 0.2) is 17.3 Å². The van der Waals surface area contributed by atoms with Gasteiger partial charge in [0.05, 0.1) is 6.20 Å². The van der Waals surface area contributed by atoms with Crippen molar-refractivity contribution in [1.29, 1.82) is 0 Å². The Morgan fingerprint density at radius 2 is 2.26 bits per heavy atom. The summed E-state index contributed by atoms with van der Waals surface area (Å²) in [5, 5.41) is 3.95. The number of rotatable bonds is 5. The van der Waals surface area contributed by atoms with Gasteiger partial charge in [0.15, 0.2) is 0 Å². The largest absolute Gasteiger partial charge is 0.330 e. The van der Waals surface area contributed by atoms with Crippen LogP contribution in [0.25, 0.3) is 0 Å². The van der Waals surface area contributed by atoms with Crippen molar-refractivity contribution in [2.75, 3.05) is 13.1 Å². The first-order chi connectivity index (χ1) is 9.00. The quantitative estimate of drug-likeness (QED) is 0.857. The molecule has 1 aliphatic rings. The zero-order chi connectivity index (χ0) is 14.0. The third-order valence-electron chi connectivity index (χ3n) is 3.89. The maximum atomic E-state index is 12.7. The summed E-state index contributed by atoms with van der Waals surface area (Å²) in [5.74, 6) is 0.270. The zero-order valence-corrected chi connectivity index (χ0v) is 12.3. The van der Waals surface area contributed by atoms with Crippen molar-refractivity contribution in [1.82, 2.24) is 14.1 Å². The minimum atomic E-state index is -3.46. The van der Waals surface area contributed by atoms with Crippen LogP contribution in [0.5, 0.6) is 0 Å². The van der Waals surface area contributed by atoms with E-state index >= 15 is 0 Å². The standard InChI is InChI=1S/C12H22N4O2S/c1-3-16(12-6-4-5-10(12)7-13)19(17,18)11-8-14-15(2)9-11/h8-10,12H,3-7,13H2,1-2H3. The van der Waals surface area contributed by atoms with E-state index in [0.29, 0.717) is 13.1 Å². The van der Waals surface area contributed by atoms with Gasteiger partial charge in [0.2, 0.25) is 10.0 Å². The van der Waals surface area contributed by atoms with E-state index in [2.05, 4.69) is 5.10 Å². The van der Waals surface area contributed by atoms with Crippen LogP contribution in [0.4, 0.5) is 0 Å². The van der Waals surface area contributed by atoms with Gasteiger partial charge in [0, 0.05) is 25.8 Å². The predicted molar refractivity (Wildman–Crippen MR) is 73.0 cm³/mol. The Hall–Kier alpha value is -0.920. The van der Waals surface area contributed by atoms with Crippen LogP contribution in [0.2, 0.25) is 0 Å². The normalized spacial score (nSPS) is 24.2. The average Bonchev–Trinajstić information content (AvgIpc) is 2.98. The van der Waals surface area contributed by atoms with Gasteiger partial charge in [-0.2, -0.15) is 9.40 Å². The second kappa shape index (κ2) is 5.60. The maximum Gasteiger partial charge on any atom is 0.246 e. The highest BCUT2D eigenvalue weighted by Gasteiger charge is 2.37. The lowest BCUT2D eigenvalue weighted by Crippen LogP contribution is -2.43. The summed E-state index contributed by atoms with van der Waals surface area (Å²) in [4.78, 5) is 0.263. The molecule has 0 aliphatic heterocycles. The molecule has 1 aromatic heterocycles. The second-order valence-electron chi connectivity index (χ2n) is 5.05. The highest BCUT2D eigenvalue weighted by molar-refractivity contribution is 7.89. The molecular weight excluding hydrogens is 264 g/mol. The van der Waals surface area contributed by atoms with Crippen molar-refractivity contribution in [3.8, 4) is 0 Å². The molecule has 7 heteroatoms. The van der Waals surface area contributed by atoms with Crippen molar-refractivity contribution in [2.45, 2.75) is 37.1 Å². The molecule has 1 heterocycles. The van der Waals surface area contributed by atoms with E-state index in [9.17, 15) is 8.42 Å². The van der Waals surface area contributed by atoms with Gasteiger partial charge in [-0.3, -0.25) is 4.68 Å². The minimum Gasteiger partial charge on any atom is -0.330 e. The molecule has 0 spiro atoms. The lowest BCUT2D eigenvalue weighted by Gasteiger charge is -2.30. The monoisotopic (exact) mass is 286 g/mol. The Kier molecular flexibility index (Phi) is 4.27. The van der Waals surface area contributed by atoms with E-state index in [1.165, 1.54) is 10.9 Å². The minimum absolute atomic E-state index is 0.0280. The lowest BCUT2D eigenvalue weighted by molar-refractivity contribution is 0.276. The Balaban J connectivity index is 2.31. The Labute approximate surface area is 114 Å². The van der Waals surface area contributed by atoms with E-state index in [0.717, 1.165) is 19.3 Å². The molecule has 0 amide bonds. The Morgan fingerprint density at radius 1 is 1.53 bits per heavy atom. The zero-order valence-electron chi connectivity index (χ0n) is 11.5. The van der Waals surface area contributed by atoms with Crippen LogP contribution in [0.3, 0.4) is 0 Å². The van der Waals surface area contributed by atoms with E-state index < -0.39 is 10.0 Å². The molecule has 2 N–H and O–H groups in total. The van der Waals surface area contributed by atoms with E-state index in [4.69, 9.17) is 5.73 Å². The molecule has 0 saturated heterocycles. The third kappa shape index (κ3) is 2.68. The van der Waals surface area contributed by atoms with E-state index in [1.54, 1.807) is 17.5 Å². The fraction of sp³-hybridized carbons (Fsp3) is 0.750. The summed E-state index contributed by atoms with van der Waals surface area (Å²) in [7, 11) is -1.75. The summed E-state index contributed by atoms with van der Waals surface area (Å²) in [6.45, 7) is 2.89. The fourth-order valence-corrected chi connectivity index (χ4v) is 4.63. The van der Waals surface area contributed by atoms with E-state index in [1.807, 2.05) is 6.92 Å². The van der Waals surface area contributed by atoms with Crippen LogP contribution < -0.4 is 5.73 Å². The Bertz CT molecular complexity index is 526. The van der Waals surface area contributed by atoms with Crippen molar-refractivity contribution >= 4 is 10.0 Å². The van der Waals surface area contributed by atoms with Gasteiger partial charge in [0.1, 0.15) is 4.90 Å². The van der Waals surface area contributed by atoms with Gasteiger partial charge >= 0.3 is 0 Å². The van der Waals surface area contributed by atoms with Crippen molar-refractivity contribution < 1.29 is 8.42 Å². The highest BCUT2D eigenvalue weighted by atomic mass is 32.2. The van der Waals surface area contributed by atoms with Gasteiger partial charge in [-0.25, -0.2) is 8.42 Å². The number of aryl methyl sites for hydroxylation is 1. The summed E-state index contributed by atoms with van der Waals surface area (Å²) in [6, 6.07) is 0.0280. The molecule has 2 unspecified atom stereocenters. The maximum absolute atomic E-state index is 12.7. The van der Waals surface area contributed by atoms with Crippen molar-refractivity contribution in [2.24, 2.45) is 18.7 Å². The molecule has 2 atom stereocenters. The number of nitrogens with two attached hydrogens (primary N) is 1. The molecule has 108 valence electrons. The fourth-order valence-electron chi connectivity index (χ4n) is 2.92. The van der Waals surface area contributed by atoms with Gasteiger partial charge in [-0.15, -0.1) is 0 Å². The first-order valence-corrected chi connectivity index (χ1v) is 8.15.